The summed E-state index contributed by atoms with van der Waals surface area (Å²) in [7, 11) is -2.87. The van der Waals surface area contributed by atoms with Gasteiger partial charge in [-0.25, -0.2) is 4.21 Å². The SMILES string of the molecule is N#CN=S(=O)(/C=C/c1ccccn1)c1ccccc1. The molecule has 0 aliphatic heterocycles. The molecule has 1 atom stereocenters. The van der Waals surface area contributed by atoms with E-state index >= 15 is 0 Å². The molecule has 19 heavy (non-hydrogen) atoms. The van der Waals surface area contributed by atoms with Crippen LogP contribution in [0.4, 0.5) is 0 Å². The first-order chi connectivity index (χ1) is 9.24. The fourth-order valence-corrected chi connectivity index (χ4v) is 2.79. The molecule has 0 amide bonds. The third-order valence-electron chi connectivity index (χ3n) is 2.37. The maximum Gasteiger partial charge on any atom is 0.215 e. The Kier molecular flexibility index (Phi) is 4.06. The summed E-state index contributed by atoms with van der Waals surface area (Å²) in [6.45, 7) is 0. The minimum absolute atomic E-state index is 0.503. The highest BCUT2D eigenvalue weighted by Crippen LogP contribution is 2.16. The molecule has 0 aliphatic rings. The van der Waals surface area contributed by atoms with Crippen LogP contribution in [0.15, 0.2) is 69.4 Å². The second-order valence-electron chi connectivity index (χ2n) is 3.63. The number of hydrogen-bond donors (Lipinski definition) is 0. The van der Waals surface area contributed by atoms with Crippen LogP contribution in [0.2, 0.25) is 0 Å². The Morgan fingerprint density at radius 3 is 2.53 bits per heavy atom. The minimum atomic E-state index is -2.87. The summed E-state index contributed by atoms with van der Waals surface area (Å²) in [6, 6.07) is 14.1. The third kappa shape index (κ3) is 3.27. The van der Waals surface area contributed by atoms with Crippen molar-refractivity contribution in [2.75, 3.05) is 0 Å². The highest BCUT2D eigenvalue weighted by molar-refractivity contribution is 7.96. The van der Waals surface area contributed by atoms with Crippen LogP contribution in [-0.2, 0) is 9.73 Å². The van der Waals surface area contributed by atoms with E-state index in [0.29, 0.717) is 10.6 Å². The van der Waals surface area contributed by atoms with Crippen LogP contribution < -0.4 is 0 Å². The quantitative estimate of drug-likeness (QED) is 0.804. The van der Waals surface area contributed by atoms with Crippen molar-refractivity contribution in [1.29, 1.82) is 5.26 Å². The highest BCUT2D eigenvalue weighted by atomic mass is 32.2. The molecule has 0 N–H and O–H groups in total. The summed E-state index contributed by atoms with van der Waals surface area (Å²) in [6.07, 6.45) is 4.87. The van der Waals surface area contributed by atoms with Crippen molar-refractivity contribution >= 4 is 15.8 Å². The van der Waals surface area contributed by atoms with Crippen molar-refractivity contribution in [1.82, 2.24) is 4.98 Å². The van der Waals surface area contributed by atoms with Crippen molar-refractivity contribution in [2.24, 2.45) is 4.36 Å². The van der Waals surface area contributed by atoms with E-state index in [1.165, 1.54) is 5.41 Å². The van der Waals surface area contributed by atoms with Gasteiger partial charge in [0, 0.05) is 11.6 Å². The molecule has 2 rings (SSSR count). The molecule has 0 saturated heterocycles. The van der Waals surface area contributed by atoms with Gasteiger partial charge >= 0.3 is 0 Å². The van der Waals surface area contributed by atoms with E-state index in [4.69, 9.17) is 5.26 Å². The average Bonchev–Trinajstić information content (AvgIpc) is 2.48. The van der Waals surface area contributed by atoms with E-state index in [9.17, 15) is 4.21 Å². The summed E-state index contributed by atoms with van der Waals surface area (Å²) in [4.78, 5) is 4.60. The van der Waals surface area contributed by atoms with E-state index in [1.54, 1.807) is 54.9 Å². The molecule has 2 aromatic rings. The Hall–Kier alpha value is -2.45. The molecule has 0 fully saturated rings. The molecule has 0 radical (unpaired) electrons. The Labute approximate surface area is 112 Å². The van der Waals surface area contributed by atoms with Crippen LogP contribution >= 0.6 is 0 Å². The molecule has 4 nitrogen and oxygen atoms in total. The molecule has 1 aromatic carbocycles. The first-order valence-corrected chi connectivity index (χ1v) is 7.12. The fraction of sp³-hybridized carbons (Fsp3) is 0. The largest absolute Gasteiger partial charge is 0.257 e. The van der Waals surface area contributed by atoms with Gasteiger partial charge in [0.25, 0.3) is 0 Å². The molecule has 1 unspecified atom stereocenters. The normalized spacial score (nSPS) is 13.6. The van der Waals surface area contributed by atoms with Crippen molar-refractivity contribution in [3.05, 3.63) is 65.8 Å². The van der Waals surface area contributed by atoms with Gasteiger partial charge in [0.1, 0.15) is 9.73 Å². The Balaban J connectivity index is 2.44. The van der Waals surface area contributed by atoms with Crippen LogP contribution in [0.3, 0.4) is 0 Å². The molecule has 0 saturated carbocycles. The summed E-state index contributed by atoms with van der Waals surface area (Å²) >= 11 is 0. The second kappa shape index (κ2) is 5.94. The zero-order valence-electron chi connectivity index (χ0n) is 10.0. The number of nitrogens with zero attached hydrogens (tertiary/aromatic N) is 3. The van der Waals surface area contributed by atoms with Crippen LogP contribution in [-0.4, -0.2) is 9.19 Å². The molecular weight excluding hydrogens is 258 g/mol. The molecule has 1 heterocycles. The van der Waals surface area contributed by atoms with Gasteiger partial charge in [0.2, 0.25) is 6.19 Å². The van der Waals surface area contributed by atoms with Gasteiger partial charge in [-0.2, -0.15) is 5.26 Å². The van der Waals surface area contributed by atoms with E-state index in [0.717, 1.165) is 0 Å². The minimum Gasteiger partial charge on any atom is -0.257 e. The van der Waals surface area contributed by atoms with Crippen LogP contribution in [0.1, 0.15) is 5.69 Å². The van der Waals surface area contributed by atoms with E-state index in [-0.39, 0.29) is 0 Å². The molecule has 94 valence electrons. The van der Waals surface area contributed by atoms with Gasteiger partial charge in [-0.15, -0.1) is 4.36 Å². The standard InChI is InChI=1S/C14H11N3OS/c15-12-17-19(18,14-7-2-1-3-8-14)11-9-13-6-4-5-10-16-13/h1-11H/b11-9+. The molecule has 0 aliphatic carbocycles. The summed E-state index contributed by atoms with van der Waals surface area (Å²) < 4.78 is 16.2. The lowest BCUT2D eigenvalue weighted by molar-refractivity contribution is 0.682. The number of nitriles is 1. The summed E-state index contributed by atoms with van der Waals surface area (Å²) in [5, 5.41) is 10.1. The number of aromatic nitrogens is 1. The second-order valence-corrected chi connectivity index (χ2v) is 5.69. The van der Waals surface area contributed by atoms with Gasteiger partial charge in [0.05, 0.1) is 10.6 Å². The van der Waals surface area contributed by atoms with Gasteiger partial charge in [0.15, 0.2) is 0 Å². The van der Waals surface area contributed by atoms with Crippen molar-refractivity contribution in [3.8, 4) is 6.19 Å². The van der Waals surface area contributed by atoms with Crippen molar-refractivity contribution in [2.45, 2.75) is 4.90 Å². The Bertz CT molecular complexity index is 724. The lowest BCUT2D eigenvalue weighted by Crippen LogP contribution is -1.95. The lowest BCUT2D eigenvalue weighted by Gasteiger charge is -2.02. The van der Waals surface area contributed by atoms with Gasteiger partial charge in [-0.1, -0.05) is 24.3 Å². The smallest absolute Gasteiger partial charge is 0.215 e. The molecule has 5 heteroatoms. The third-order valence-corrected chi connectivity index (χ3v) is 4.17. The topological polar surface area (TPSA) is 66.1 Å². The number of rotatable bonds is 3. The predicted molar refractivity (Wildman–Crippen MR) is 74.2 cm³/mol. The van der Waals surface area contributed by atoms with E-state index in [2.05, 4.69) is 9.35 Å². The summed E-state index contributed by atoms with van der Waals surface area (Å²) in [5.41, 5.74) is 0.666. The monoisotopic (exact) mass is 269 g/mol. The maximum atomic E-state index is 12.7. The fourth-order valence-electron chi connectivity index (χ4n) is 1.47. The van der Waals surface area contributed by atoms with Crippen molar-refractivity contribution < 1.29 is 4.21 Å². The van der Waals surface area contributed by atoms with E-state index < -0.39 is 9.73 Å². The zero-order chi connectivity index (χ0) is 13.6. The number of hydrogen-bond acceptors (Lipinski definition) is 4. The number of benzene rings is 1. The van der Waals surface area contributed by atoms with Crippen LogP contribution in [0, 0.1) is 11.5 Å². The highest BCUT2D eigenvalue weighted by Gasteiger charge is 2.08. The zero-order valence-corrected chi connectivity index (χ0v) is 10.8. The molecule has 0 spiro atoms. The van der Waals surface area contributed by atoms with Crippen molar-refractivity contribution in [3.63, 3.8) is 0 Å². The molecule has 0 bridgehead atoms. The van der Waals surface area contributed by atoms with Gasteiger partial charge in [-0.3, -0.25) is 4.98 Å². The average molecular weight is 269 g/mol. The first-order valence-electron chi connectivity index (χ1n) is 5.54. The first kappa shape index (κ1) is 13.0. The van der Waals surface area contributed by atoms with Crippen LogP contribution in [0.25, 0.3) is 6.08 Å². The number of pyridine rings is 1. The van der Waals surface area contributed by atoms with Gasteiger partial charge in [-0.05, 0) is 30.3 Å². The Morgan fingerprint density at radius 2 is 1.89 bits per heavy atom. The van der Waals surface area contributed by atoms with Gasteiger partial charge < -0.3 is 0 Å². The summed E-state index contributed by atoms with van der Waals surface area (Å²) in [5.74, 6) is 0. The Morgan fingerprint density at radius 1 is 1.16 bits per heavy atom. The van der Waals surface area contributed by atoms with Crippen LogP contribution in [0.5, 0.6) is 0 Å². The molecular formula is C14H11N3OS. The van der Waals surface area contributed by atoms with E-state index in [1.807, 2.05) is 12.1 Å². The molecule has 1 aromatic heterocycles. The lowest BCUT2D eigenvalue weighted by atomic mass is 10.3. The predicted octanol–water partition coefficient (Wildman–Crippen LogP) is 3.06. The maximum absolute atomic E-state index is 12.7.